The smallest absolute Gasteiger partial charge is 0.387 e. The molecule has 0 aliphatic carbocycles. The maximum Gasteiger partial charge on any atom is 0.387 e. The van der Waals surface area contributed by atoms with Crippen LogP contribution in [0.5, 0.6) is 5.75 Å². The number of benzene rings is 1. The van der Waals surface area contributed by atoms with Crippen LogP contribution in [0.3, 0.4) is 0 Å². The summed E-state index contributed by atoms with van der Waals surface area (Å²) >= 11 is 8.91. The molecule has 0 spiro atoms. The normalized spacial score (nSPS) is 10.6. The van der Waals surface area contributed by atoms with Gasteiger partial charge < -0.3 is 4.74 Å². The Kier molecular flexibility index (Phi) is 5.15. The van der Waals surface area contributed by atoms with Crippen molar-refractivity contribution < 1.29 is 18.3 Å². The van der Waals surface area contributed by atoms with Crippen LogP contribution in [0.4, 0.5) is 8.78 Å². The van der Waals surface area contributed by atoms with E-state index >= 15 is 0 Å². The Bertz CT molecular complexity index is 385. The Morgan fingerprint density at radius 1 is 1.50 bits per heavy atom. The van der Waals surface area contributed by atoms with E-state index in [0.717, 1.165) is 0 Å². The molecule has 2 nitrogen and oxygen atoms in total. The van der Waals surface area contributed by atoms with E-state index in [1.807, 2.05) is 0 Å². The summed E-state index contributed by atoms with van der Waals surface area (Å²) in [4.78, 5) is 11.5. The maximum atomic E-state index is 11.9. The number of carbonyl (C=O) groups is 1. The second-order valence-corrected chi connectivity index (χ2v) is 4.08. The first-order valence-electron chi connectivity index (χ1n) is 4.38. The number of halogens is 4. The lowest BCUT2D eigenvalue weighted by molar-refractivity contribution is -0.0498. The van der Waals surface area contributed by atoms with Gasteiger partial charge in [0.05, 0.1) is 5.02 Å². The van der Waals surface area contributed by atoms with Crippen molar-refractivity contribution in [3.63, 3.8) is 0 Å². The van der Waals surface area contributed by atoms with Gasteiger partial charge in [0.1, 0.15) is 5.75 Å². The molecule has 0 fully saturated rings. The molecule has 0 saturated carbocycles. The Morgan fingerprint density at radius 3 is 2.69 bits per heavy atom. The monoisotopic (exact) mass is 312 g/mol. The molecule has 0 unspecified atom stereocenters. The van der Waals surface area contributed by atoms with Crippen LogP contribution in [0.25, 0.3) is 0 Å². The van der Waals surface area contributed by atoms with E-state index in [9.17, 15) is 13.6 Å². The average Bonchev–Trinajstić information content (AvgIpc) is 2.16. The molecule has 0 radical (unpaired) electrons. The quantitative estimate of drug-likeness (QED) is 0.608. The lowest BCUT2D eigenvalue weighted by Gasteiger charge is -2.07. The number of ether oxygens (including phenoxy) is 1. The predicted octanol–water partition coefficient (Wildman–Crippen LogP) is 3.91. The van der Waals surface area contributed by atoms with Crippen LogP contribution in [0.15, 0.2) is 18.2 Å². The van der Waals surface area contributed by atoms with Crippen LogP contribution >= 0.6 is 27.5 Å². The number of alkyl halides is 3. The number of ketones is 1. The average molecular weight is 314 g/mol. The van der Waals surface area contributed by atoms with Gasteiger partial charge >= 0.3 is 6.61 Å². The van der Waals surface area contributed by atoms with E-state index in [2.05, 4.69) is 20.7 Å². The molecule has 0 bridgehead atoms. The van der Waals surface area contributed by atoms with E-state index in [1.165, 1.54) is 18.2 Å². The molecule has 0 amide bonds. The second-order valence-electron chi connectivity index (χ2n) is 2.88. The fraction of sp³-hybridized carbons (Fsp3) is 0.300. The van der Waals surface area contributed by atoms with Gasteiger partial charge in [-0.25, -0.2) is 0 Å². The molecular weight excluding hydrogens is 305 g/mol. The van der Waals surface area contributed by atoms with Crippen LogP contribution in [0.1, 0.15) is 16.8 Å². The molecule has 1 aromatic rings. The molecule has 1 rings (SSSR count). The van der Waals surface area contributed by atoms with Gasteiger partial charge in [0.15, 0.2) is 5.78 Å². The summed E-state index contributed by atoms with van der Waals surface area (Å²) < 4.78 is 27.9. The zero-order valence-corrected chi connectivity index (χ0v) is 10.4. The minimum absolute atomic E-state index is 0.0598. The molecule has 0 aliphatic rings. The van der Waals surface area contributed by atoms with Crippen LogP contribution in [-0.2, 0) is 0 Å². The van der Waals surface area contributed by atoms with Crippen molar-refractivity contribution in [1.82, 2.24) is 0 Å². The summed E-state index contributed by atoms with van der Waals surface area (Å²) in [7, 11) is 0. The Morgan fingerprint density at radius 2 is 2.19 bits per heavy atom. The SMILES string of the molecule is O=C(CCBr)c1ccc(OC(F)F)cc1Cl. The highest BCUT2D eigenvalue weighted by molar-refractivity contribution is 9.09. The summed E-state index contributed by atoms with van der Waals surface area (Å²) in [6.45, 7) is -2.90. The fourth-order valence-electron chi connectivity index (χ4n) is 1.12. The molecule has 6 heteroatoms. The molecule has 0 heterocycles. The molecule has 0 N–H and O–H groups in total. The molecule has 16 heavy (non-hydrogen) atoms. The number of hydrogen-bond donors (Lipinski definition) is 0. The molecular formula is C10H8BrClF2O2. The first-order chi connectivity index (χ1) is 7.54. The third kappa shape index (κ3) is 3.72. The zero-order chi connectivity index (χ0) is 12.1. The van der Waals surface area contributed by atoms with Gasteiger partial charge in [-0.1, -0.05) is 27.5 Å². The van der Waals surface area contributed by atoms with Crippen LogP contribution in [-0.4, -0.2) is 17.7 Å². The predicted molar refractivity (Wildman–Crippen MR) is 60.8 cm³/mol. The minimum Gasteiger partial charge on any atom is -0.435 e. The number of hydrogen-bond acceptors (Lipinski definition) is 2. The Hall–Kier alpha value is -0.680. The molecule has 0 aromatic heterocycles. The van der Waals surface area contributed by atoms with E-state index in [1.54, 1.807) is 0 Å². The van der Waals surface area contributed by atoms with Gasteiger partial charge in [-0.3, -0.25) is 4.79 Å². The number of carbonyl (C=O) groups excluding carboxylic acids is 1. The van der Waals surface area contributed by atoms with Crippen molar-refractivity contribution in [2.45, 2.75) is 13.0 Å². The van der Waals surface area contributed by atoms with Crippen LogP contribution < -0.4 is 4.74 Å². The summed E-state index contributed by atoms with van der Waals surface area (Å²) in [6.07, 6.45) is 0.300. The zero-order valence-electron chi connectivity index (χ0n) is 8.05. The number of Topliss-reactive ketones (excluding diaryl/α,β-unsaturated/α-hetero) is 1. The lowest BCUT2D eigenvalue weighted by Crippen LogP contribution is -2.04. The third-order valence-electron chi connectivity index (χ3n) is 1.79. The van der Waals surface area contributed by atoms with Gasteiger partial charge in [-0.2, -0.15) is 8.78 Å². The van der Waals surface area contributed by atoms with Crippen molar-refractivity contribution in [3.8, 4) is 5.75 Å². The Labute approximate surface area is 105 Å². The van der Waals surface area contributed by atoms with E-state index in [-0.39, 0.29) is 16.6 Å². The summed E-state index contributed by atoms with van der Waals surface area (Å²) in [5.74, 6) is -0.208. The number of rotatable bonds is 5. The molecule has 1 aromatic carbocycles. The van der Waals surface area contributed by atoms with Crippen molar-refractivity contribution in [2.24, 2.45) is 0 Å². The highest BCUT2D eigenvalue weighted by Crippen LogP contribution is 2.24. The Balaban J connectivity index is 2.87. The highest BCUT2D eigenvalue weighted by Gasteiger charge is 2.12. The topological polar surface area (TPSA) is 26.3 Å². The van der Waals surface area contributed by atoms with Crippen molar-refractivity contribution in [2.75, 3.05) is 5.33 Å². The van der Waals surface area contributed by atoms with Crippen molar-refractivity contribution in [3.05, 3.63) is 28.8 Å². The van der Waals surface area contributed by atoms with Gasteiger partial charge in [-0.15, -0.1) is 0 Å². The van der Waals surface area contributed by atoms with Gasteiger partial charge in [0.25, 0.3) is 0 Å². The first kappa shape index (κ1) is 13.4. The largest absolute Gasteiger partial charge is 0.435 e. The van der Waals surface area contributed by atoms with Crippen LogP contribution in [0.2, 0.25) is 5.02 Å². The molecule has 0 saturated heterocycles. The van der Waals surface area contributed by atoms with Crippen molar-refractivity contribution in [1.29, 1.82) is 0 Å². The minimum atomic E-state index is -2.90. The first-order valence-corrected chi connectivity index (χ1v) is 5.88. The van der Waals surface area contributed by atoms with E-state index in [4.69, 9.17) is 11.6 Å². The van der Waals surface area contributed by atoms with E-state index in [0.29, 0.717) is 17.3 Å². The lowest BCUT2D eigenvalue weighted by atomic mass is 10.1. The standard InChI is InChI=1S/C10H8BrClF2O2/c11-4-3-9(15)7-2-1-6(5-8(7)12)16-10(13)14/h1-2,5,10H,3-4H2. The van der Waals surface area contributed by atoms with Gasteiger partial charge in [0.2, 0.25) is 0 Å². The van der Waals surface area contributed by atoms with Crippen LogP contribution in [0, 0.1) is 0 Å². The maximum absolute atomic E-state index is 11.9. The van der Waals surface area contributed by atoms with Gasteiger partial charge in [-0.05, 0) is 18.2 Å². The second kappa shape index (κ2) is 6.15. The third-order valence-corrected chi connectivity index (χ3v) is 2.50. The fourth-order valence-corrected chi connectivity index (χ4v) is 1.75. The van der Waals surface area contributed by atoms with Crippen molar-refractivity contribution >= 4 is 33.3 Å². The van der Waals surface area contributed by atoms with Gasteiger partial charge in [0, 0.05) is 17.3 Å². The summed E-state index contributed by atoms with van der Waals surface area (Å²) in [5, 5.41) is 0.640. The highest BCUT2D eigenvalue weighted by atomic mass is 79.9. The molecule has 0 aliphatic heterocycles. The van der Waals surface area contributed by atoms with E-state index < -0.39 is 6.61 Å². The summed E-state index contributed by atoms with van der Waals surface area (Å²) in [5.41, 5.74) is 0.308. The molecule has 0 atom stereocenters. The summed E-state index contributed by atoms with van der Waals surface area (Å²) in [6, 6.07) is 3.87. The molecule has 88 valence electrons.